The van der Waals surface area contributed by atoms with E-state index in [0.717, 1.165) is 18.1 Å². The van der Waals surface area contributed by atoms with Crippen LogP contribution in [0.15, 0.2) is 30.5 Å². The Kier molecular flexibility index (Phi) is 5.06. The number of fused-ring (bicyclic) bond motifs is 1. The Labute approximate surface area is 152 Å². The van der Waals surface area contributed by atoms with E-state index in [0.29, 0.717) is 23.1 Å². The highest BCUT2D eigenvalue weighted by atomic mass is 19.1. The summed E-state index contributed by atoms with van der Waals surface area (Å²) in [5.74, 6) is 1.60. The lowest BCUT2D eigenvalue weighted by Gasteiger charge is -2.14. The van der Waals surface area contributed by atoms with E-state index in [2.05, 4.69) is 25.6 Å². The average Bonchev–Trinajstić information content (AvgIpc) is 3.34. The first kappa shape index (κ1) is 18.1. The van der Waals surface area contributed by atoms with E-state index in [1.807, 2.05) is 18.4 Å². The van der Waals surface area contributed by atoms with Crippen LogP contribution < -0.4 is 10.6 Å². The average molecular weight is 356 g/mol. The highest BCUT2D eigenvalue weighted by Crippen LogP contribution is 2.29. The molecule has 0 spiro atoms. The van der Waals surface area contributed by atoms with Crippen LogP contribution in [0.25, 0.3) is 11.2 Å². The molecule has 3 aromatic rings. The molecule has 4 rings (SSSR count). The molecule has 1 aromatic carbocycles. The van der Waals surface area contributed by atoms with Crippen LogP contribution in [0.5, 0.6) is 0 Å². The largest absolute Gasteiger partial charge is 0.354 e. The van der Waals surface area contributed by atoms with Gasteiger partial charge in [0.05, 0.1) is 11.9 Å². The van der Waals surface area contributed by atoms with Crippen molar-refractivity contribution in [3.8, 4) is 0 Å². The molecule has 0 unspecified atom stereocenters. The number of benzene rings is 1. The minimum absolute atomic E-state index is 0. The number of nitrogens with zero attached hydrogens (tertiary/aromatic N) is 4. The fourth-order valence-corrected chi connectivity index (χ4v) is 2.79. The van der Waals surface area contributed by atoms with Gasteiger partial charge in [-0.2, -0.15) is 4.98 Å². The van der Waals surface area contributed by atoms with Crippen LogP contribution in [-0.2, 0) is 0 Å². The number of rotatable bonds is 6. The van der Waals surface area contributed by atoms with Gasteiger partial charge in [-0.1, -0.05) is 19.6 Å². The highest BCUT2D eigenvalue weighted by Gasteiger charge is 2.22. The van der Waals surface area contributed by atoms with E-state index < -0.39 is 0 Å². The molecule has 1 fully saturated rings. The summed E-state index contributed by atoms with van der Waals surface area (Å²) in [4.78, 5) is 13.5. The second kappa shape index (κ2) is 7.27. The molecular weight excluding hydrogens is 331 g/mol. The van der Waals surface area contributed by atoms with Gasteiger partial charge in [-0.15, -0.1) is 0 Å². The maximum atomic E-state index is 14.0. The lowest BCUT2D eigenvalue weighted by molar-refractivity contribution is 0.615. The number of anilines is 3. The normalized spacial score (nSPS) is 13.7. The number of imidazole rings is 1. The Bertz CT molecular complexity index is 900. The van der Waals surface area contributed by atoms with Crippen molar-refractivity contribution >= 4 is 28.7 Å². The van der Waals surface area contributed by atoms with Gasteiger partial charge < -0.3 is 10.6 Å². The summed E-state index contributed by atoms with van der Waals surface area (Å²) in [5, 5.41) is 6.37. The first-order chi connectivity index (χ1) is 12.1. The minimum Gasteiger partial charge on any atom is -0.354 e. The van der Waals surface area contributed by atoms with Gasteiger partial charge in [0.2, 0.25) is 11.9 Å². The van der Waals surface area contributed by atoms with Gasteiger partial charge in [-0.05, 0) is 44.7 Å². The lowest BCUT2D eigenvalue weighted by atomic mass is 10.3. The molecule has 1 aliphatic carbocycles. The van der Waals surface area contributed by atoms with Crippen LogP contribution in [0.2, 0.25) is 0 Å². The SMILES string of the molecule is C.CC(C)n1c(Nc2ccccc2F)nc2cnc(NCC3CC3)nc21. The maximum Gasteiger partial charge on any atom is 0.224 e. The summed E-state index contributed by atoms with van der Waals surface area (Å²) < 4.78 is 15.9. The van der Waals surface area contributed by atoms with Gasteiger partial charge >= 0.3 is 0 Å². The summed E-state index contributed by atoms with van der Waals surface area (Å²) in [6.07, 6.45) is 4.26. The fourth-order valence-electron chi connectivity index (χ4n) is 2.79. The van der Waals surface area contributed by atoms with Crippen molar-refractivity contribution in [3.63, 3.8) is 0 Å². The molecule has 0 amide bonds. The second-order valence-corrected chi connectivity index (χ2v) is 6.73. The predicted molar refractivity (Wildman–Crippen MR) is 103 cm³/mol. The Morgan fingerprint density at radius 1 is 1.23 bits per heavy atom. The molecular formula is C19H25FN6. The first-order valence-electron chi connectivity index (χ1n) is 8.62. The van der Waals surface area contributed by atoms with Crippen molar-refractivity contribution in [2.75, 3.05) is 17.2 Å². The third-order valence-electron chi connectivity index (χ3n) is 4.32. The van der Waals surface area contributed by atoms with E-state index in [9.17, 15) is 4.39 Å². The molecule has 138 valence electrons. The fraction of sp³-hybridized carbons (Fsp3) is 0.421. The minimum atomic E-state index is -0.317. The van der Waals surface area contributed by atoms with Gasteiger partial charge in [0.1, 0.15) is 11.3 Å². The van der Waals surface area contributed by atoms with Gasteiger partial charge in [-0.25, -0.2) is 14.4 Å². The van der Waals surface area contributed by atoms with E-state index >= 15 is 0 Å². The van der Waals surface area contributed by atoms with Gasteiger partial charge in [0.15, 0.2) is 5.65 Å². The number of nitrogens with one attached hydrogen (secondary N) is 2. The highest BCUT2D eigenvalue weighted by molar-refractivity contribution is 5.76. The molecule has 7 heteroatoms. The summed E-state index contributed by atoms with van der Waals surface area (Å²) in [7, 11) is 0. The molecule has 0 aliphatic heterocycles. The molecule has 26 heavy (non-hydrogen) atoms. The maximum absolute atomic E-state index is 14.0. The standard InChI is InChI=1S/C18H21FN6.CH4/c1-11(2)25-16-15(10-21-17(24-16)20-9-12-7-8-12)23-18(25)22-14-6-4-3-5-13(14)19;/h3-6,10-12H,7-9H2,1-2H3,(H,22,23)(H,20,21,24);1H4. The number of hydrogen-bond acceptors (Lipinski definition) is 5. The zero-order valence-electron chi connectivity index (χ0n) is 14.3. The summed E-state index contributed by atoms with van der Waals surface area (Å²) in [6.45, 7) is 5.00. The first-order valence-corrected chi connectivity index (χ1v) is 8.62. The topological polar surface area (TPSA) is 67.7 Å². The third-order valence-corrected chi connectivity index (χ3v) is 4.32. The smallest absolute Gasteiger partial charge is 0.224 e. The molecule has 6 nitrogen and oxygen atoms in total. The van der Waals surface area contributed by atoms with E-state index in [1.54, 1.807) is 24.4 Å². The Morgan fingerprint density at radius 2 is 2.00 bits per heavy atom. The zero-order chi connectivity index (χ0) is 17.4. The zero-order valence-corrected chi connectivity index (χ0v) is 14.3. The van der Waals surface area contributed by atoms with Crippen LogP contribution in [0, 0.1) is 11.7 Å². The van der Waals surface area contributed by atoms with Crippen molar-refractivity contribution in [1.29, 1.82) is 0 Å². The molecule has 2 heterocycles. The van der Waals surface area contributed by atoms with Crippen LogP contribution in [-0.4, -0.2) is 26.1 Å². The quantitative estimate of drug-likeness (QED) is 0.667. The van der Waals surface area contributed by atoms with E-state index in [1.165, 1.54) is 18.9 Å². The molecule has 2 N–H and O–H groups in total. The Hall–Kier alpha value is -2.70. The van der Waals surface area contributed by atoms with Crippen molar-refractivity contribution in [2.24, 2.45) is 5.92 Å². The number of aromatic nitrogens is 4. The molecule has 0 radical (unpaired) electrons. The van der Waals surface area contributed by atoms with Gasteiger partial charge in [-0.3, -0.25) is 4.57 Å². The molecule has 0 atom stereocenters. The van der Waals surface area contributed by atoms with Gasteiger partial charge in [0, 0.05) is 12.6 Å². The van der Waals surface area contributed by atoms with Crippen LogP contribution in [0.3, 0.4) is 0 Å². The Balaban J connectivity index is 0.00000196. The van der Waals surface area contributed by atoms with Crippen molar-refractivity contribution < 1.29 is 4.39 Å². The molecule has 1 saturated carbocycles. The summed E-state index contributed by atoms with van der Waals surface area (Å²) in [5.41, 5.74) is 1.81. The van der Waals surface area contributed by atoms with Crippen LogP contribution in [0.1, 0.15) is 40.2 Å². The van der Waals surface area contributed by atoms with Crippen molar-refractivity contribution in [3.05, 3.63) is 36.3 Å². The molecule has 0 saturated heterocycles. The number of hydrogen-bond donors (Lipinski definition) is 2. The Morgan fingerprint density at radius 3 is 2.69 bits per heavy atom. The van der Waals surface area contributed by atoms with E-state index in [-0.39, 0.29) is 19.3 Å². The molecule has 1 aliphatic rings. The predicted octanol–water partition coefficient (Wildman–Crippen LogP) is 4.75. The molecule has 0 bridgehead atoms. The number of para-hydroxylation sites is 1. The molecule has 2 aromatic heterocycles. The third kappa shape index (κ3) is 3.61. The second-order valence-electron chi connectivity index (χ2n) is 6.73. The number of halogens is 1. The monoisotopic (exact) mass is 356 g/mol. The van der Waals surface area contributed by atoms with Gasteiger partial charge in [0.25, 0.3) is 0 Å². The van der Waals surface area contributed by atoms with E-state index in [4.69, 9.17) is 0 Å². The summed E-state index contributed by atoms with van der Waals surface area (Å²) in [6, 6.07) is 6.67. The van der Waals surface area contributed by atoms with Crippen LogP contribution in [0.4, 0.5) is 22.0 Å². The summed E-state index contributed by atoms with van der Waals surface area (Å²) >= 11 is 0. The van der Waals surface area contributed by atoms with Crippen molar-refractivity contribution in [1.82, 2.24) is 19.5 Å². The van der Waals surface area contributed by atoms with Crippen LogP contribution >= 0.6 is 0 Å². The lowest BCUT2D eigenvalue weighted by Crippen LogP contribution is -2.10. The van der Waals surface area contributed by atoms with Crippen molar-refractivity contribution in [2.45, 2.75) is 40.2 Å².